The smallest absolute Gasteiger partial charge is 0.0468 e. The van der Waals surface area contributed by atoms with Crippen LogP contribution in [0.15, 0.2) is 212 Å². The van der Waals surface area contributed by atoms with Crippen molar-refractivity contribution in [2.24, 2.45) is 0 Å². The minimum atomic E-state index is 1.10. The molecule has 0 aliphatic rings. The summed E-state index contributed by atoms with van der Waals surface area (Å²) in [5, 5.41) is 0. The van der Waals surface area contributed by atoms with Crippen LogP contribution in [0, 0.1) is 0 Å². The Kier molecular flexibility index (Phi) is 8.39. The van der Waals surface area contributed by atoms with Crippen molar-refractivity contribution < 1.29 is 0 Å². The van der Waals surface area contributed by atoms with E-state index in [0.717, 1.165) is 17.1 Å². The van der Waals surface area contributed by atoms with Crippen LogP contribution >= 0.6 is 0 Å². The SMILES string of the molecule is c1ccc(-c2ccc(-c3ccc(N(c4ccc(-c5ccccc5)cc4)c4ccc(-c5ccccc5)c(-c5ccccc5)c4)cc3)cc2)cc1. The van der Waals surface area contributed by atoms with Gasteiger partial charge in [0.25, 0.3) is 0 Å². The summed E-state index contributed by atoms with van der Waals surface area (Å²) in [7, 11) is 0. The molecule has 1 nitrogen and oxygen atoms in total. The molecule has 0 aliphatic heterocycles. The first-order chi connectivity index (χ1) is 24.3. The molecule has 0 atom stereocenters. The maximum atomic E-state index is 2.36. The number of hydrogen-bond acceptors (Lipinski definition) is 1. The van der Waals surface area contributed by atoms with Crippen molar-refractivity contribution in [2.75, 3.05) is 4.90 Å². The van der Waals surface area contributed by atoms with Crippen molar-refractivity contribution >= 4 is 17.1 Å². The van der Waals surface area contributed by atoms with Gasteiger partial charge in [0.2, 0.25) is 0 Å². The molecule has 0 N–H and O–H groups in total. The van der Waals surface area contributed by atoms with Crippen LogP contribution in [0.3, 0.4) is 0 Å². The van der Waals surface area contributed by atoms with Gasteiger partial charge in [0, 0.05) is 17.1 Å². The summed E-state index contributed by atoms with van der Waals surface area (Å²) < 4.78 is 0. The fourth-order valence-electron chi connectivity index (χ4n) is 6.57. The van der Waals surface area contributed by atoms with Crippen LogP contribution in [0.1, 0.15) is 0 Å². The highest BCUT2D eigenvalue weighted by atomic mass is 15.1. The van der Waals surface area contributed by atoms with Gasteiger partial charge >= 0.3 is 0 Å². The topological polar surface area (TPSA) is 3.24 Å². The summed E-state index contributed by atoms with van der Waals surface area (Å²) in [6.07, 6.45) is 0. The summed E-state index contributed by atoms with van der Waals surface area (Å²) in [5.41, 5.74) is 15.4. The van der Waals surface area contributed by atoms with Gasteiger partial charge in [-0.2, -0.15) is 0 Å². The molecule has 8 aromatic carbocycles. The Bertz CT molecular complexity index is 2260. The zero-order chi connectivity index (χ0) is 32.8. The molecule has 0 amide bonds. The van der Waals surface area contributed by atoms with E-state index in [0.29, 0.717) is 0 Å². The first-order valence-corrected chi connectivity index (χ1v) is 16.8. The lowest BCUT2D eigenvalue weighted by Crippen LogP contribution is -2.10. The van der Waals surface area contributed by atoms with Gasteiger partial charge in [-0.15, -0.1) is 0 Å². The molecule has 0 radical (unpaired) electrons. The monoisotopic (exact) mass is 625 g/mol. The lowest BCUT2D eigenvalue weighted by molar-refractivity contribution is 1.28. The molecule has 0 spiro atoms. The van der Waals surface area contributed by atoms with Crippen molar-refractivity contribution in [3.63, 3.8) is 0 Å². The maximum absolute atomic E-state index is 2.36. The summed E-state index contributed by atoms with van der Waals surface area (Å²) >= 11 is 0. The van der Waals surface area contributed by atoms with Gasteiger partial charge in [0.15, 0.2) is 0 Å². The summed E-state index contributed by atoms with van der Waals surface area (Å²) in [6.45, 7) is 0. The minimum Gasteiger partial charge on any atom is -0.310 e. The molecule has 232 valence electrons. The summed E-state index contributed by atoms with van der Waals surface area (Å²) in [6, 6.07) is 76.0. The van der Waals surface area contributed by atoms with Gasteiger partial charge in [-0.3, -0.25) is 0 Å². The second kappa shape index (κ2) is 13.7. The van der Waals surface area contributed by atoms with Crippen LogP contribution in [0.25, 0.3) is 55.6 Å². The van der Waals surface area contributed by atoms with E-state index in [4.69, 9.17) is 0 Å². The molecule has 8 aromatic rings. The fourth-order valence-corrected chi connectivity index (χ4v) is 6.57. The van der Waals surface area contributed by atoms with Gasteiger partial charge in [0.1, 0.15) is 0 Å². The molecule has 0 bridgehead atoms. The zero-order valence-electron chi connectivity index (χ0n) is 27.2. The molecule has 0 aliphatic carbocycles. The third-order valence-electron chi connectivity index (χ3n) is 9.11. The third kappa shape index (κ3) is 6.43. The second-order valence-electron chi connectivity index (χ2n) is 12.2. The van der Waals surface area contributed by atoms with Crippen molar-refractivity contribution in [3.05, 3.63) is 212 Å². The van der Waals surface area contributed by atoms with Gasteiger partial charge < -0.3 is 4.90 Å². The highest BCUT2D eigenvalue weighted by molar-refractivity contribution is 5.89. The lowest BCUT2D eigenvalue weighted by atomic mass is 9.93. The van der Waals surface area contributed by atoms with Crippen LogP contribution < -0.4 is 4.90 Å². The molecule has 1 heteroatoms. The van der Waals surface area contributed by atoms with E-state index in [2.05, 4.69) is 217 Å². The summed E-state index contributed by atoms with van der Waals surface area (Å²) in [4.78, 5) is 2.36. The molecule has 0 saturated carbocycles. The van der Waals surface area contributed by atoms with E-state index in [9.17, 15) is 0 Å². The highest BCUT2D eigenvalue weighted by Gasteiger charge is 2.17. The Morgan fingerprint density at radius 2 is 0.490 bits per heavy atom. The van der Waals surface area contributed by atoms with Gasteiger partial charge in [-0.1, -0.05) is 176 Å². The van der Waals surface area contributed by atoms with Crippen molar-refractivity contribution in [1.82, 2.24) is 0 Å². The molecule has 0 unspecified atom stereocenters. The van der Waals surface area contributed by atoms with E-state index in [-0.39, 0.29) is 0 Å². The standard InChI is InChI=1S/C48H35N/c1-5-13-36(14-6-1)38-21-23-39(24-22-38)41-27-31-45(32-28-41)49(44-29-25-40(26-30-44)37-15-7-2-8-16-37)46-33-34-47(42-17-9-3-10-18-42)48(35-46)43-19-11-4-12-20-43/h1-35H. The molecule has 0 fully saturated rings. The van der Waals surface area contributed by atoms with Gasteiger partial charge in [0.05, 0.1) is 0 Å². The van der Waals surface area contributed by atoms with E-state index in [1.165, 1.54) is 55.6 Å². The van der Waals surface area contributed by atoms with E-state index in [1.54, 1.807) is 0 Å². The molecule has 49 heavy (non-hydrogen) atoms. The average Bonchev–Trinajstić information content (AvgIpc) is 3.20. The van der Waals surface area contributed by atoms with E-state index < -0.39 is 0 Å². The fraction of sp³-hybridized carbons (Fsp3) is 0. The first-order valence-electron chi connectivity index (χ1n) is 16.8. The minimum absolute atomic E-state index is 1.10. The molecule has 0 saturated heterocycles. The largest absolute Gasteiger partial charge is 0.310 e. The number of hydrogen-bond donors (Lipinski definition) is 0. The van der Waals surface area contributed by atoms with Gasteiger partial charge in [-0.25, -0.2) is 0 Å². The first kappa shape index (κ1) is 29.9. The highest BCUT2D eigenvalue weighted by Crippen LogP contribution is 2.41. The van der Waals surface area contributed by atoms with E-state index in [1.807, 2.05) is 0 Å². The Balaban J connectivity index is 1.21. The predicted molar refractivity (Wildman–Crippen MR) is 208 cm³/mol. The molecule has 8 rings (SSSR count). The molecular weight excluding hydrogens is 591 g/mol. The van der Waals surface area contributed by atoms with Crippen molar-refractivity contribution in [1.29, 1.82) is 0 Å². The average molecular weight is 626 g/mol. The van der Waals surface area contributed by atoms with Crippen LogP contribution in [0.4, 0.5) is 17.1 Å². The number of anilines is 3. The molecular formula is C48H35N. The molecule has 0 heterocycles. The Hall–Kier alpha value is -6.44. The molecule has 0 aromatic heterocycles. The van der Waals surface area contributed by atoms with Crippen LogP contribution in [0.5, 0.6) is 0 Å². The second-order valence-corrected chi connectivity index (χ2v) is 12.2. The zero-order valence-corrected chi connectivity index (χ0v) is 27.2. The maximum Gasteiger partial charge on any atom is 0.0468 e. The lowest BCUT2D eigenvalue weighted by Gasteiger charge is -2.27. The Morgan fingerprint density at radius 1 is 0.204 bits per heavy atom. The summed E-state index contributed by atoms with van der Waals surface area (Å²) in [5.74, 6) is 0. The number of nitrogens with zero attached hydrogens (tertiary/aromatic N) is 1. The Labute approximate surface area is 289 Å². The van der Waals surface area contributed by atoms with Crippen molar-refractivity contribution in [3.8, 4) is 55.6 Å². The van der Waals surface area contributed by atoms with Crippen LogP contribution in [-0.4, -0.2) is 0 Å². The number of rotatable bonds is 8. The van der Waals surface area contributed by atoms with Gasteiger partial charge in [-0.05, 0) is 92.0 Å². The van der Waals surface area contributed by atoms with Crippen molar-refractivity contribution in [2.45, 2.75) is 0 Å². The predicted octanol–water partition coefficient (Wildman–Crippen LogP) is 13.5. The third-order valence-corrected chi connectivity index (χ3v) is 9.11. The van der Waals surface area contributed by atoms with Crippen LogP contribution in [0.2, 0.25) is 0 Å². The number of benzene rings is 8. The van der Waals surface area contributed by atoms with E-state index >= 15 is 0 Å². The quantitative estimate of drug-likeness (QED) is 0.162. The normalized spacial score (nSPS) is 10.9. The Morgan fingerprint density at radius 3 is 0.878 bits per heavy atom. The van der Waals surface area contributed by atoms with Crippen LogP contribution in [-0.2, 0) is 0 Å².